The van der Waals surface area contributed by atoms with Crippen LogP contribution in [0.5, 0.6) is 0 Å². The van der Waals surface area contributed by atoms with Crippen LogP contribution in [0.2, 0.25) is 0 Å². The Labute approximate surface area is 115 Å². The van der Waals surface area contributed by atoms with Gasteiger partial charge in [-0.1, -0.05) is 0 Å². The molecule has 3 N–H and O–H groups in total. The zero-order valence-corrected chi connectivity index (χ0v) is 11.6. The average molecular weight is 277 g/mol. The van der Waals surface area contributed by atoms with Gasteiger partial charge < -0.3 is 10.3 Å². The van der Waals surface area contributed by atoms with Crippen molar-refractivity contribution in [2.45, 2.75) is 13.5 Å². The minimum atomic E-state index is -0.147. The molecule has 0 atom stereocenters. The van der Waals surface area contributed by atoms with E-state index >= 15 is 0 Å². The molecule has 19 heavy (non-hydrogen) atoms. The number of nitrogens with one attached hydrogen (secondary N) is 1. The van der Waals surface area contributed by atoms with E-state index in [0.29, 0.717) is 17.8 Å². The second-order valence-electron chi connectivity index (χ2n) is 4.08. The van der Waals surface area contributed by atoms with Gasteiger partial charge in [0.25, 0.3) is 5.91 Å². The smallest absolute Gasteiger partial charge is 0.257 e. The number of aryl methyl sites for hydroxylation is 1. The Morgan fingerprint density at radius 3 is 3.00 bits per heavy atom. The molecule has 6 nitrogen and oxygen atoms in total. The Bertz CT molecular complexity index is 583. The molecule has 0 radical (unpaired) electrons. The summed E-state index contributed by atoms with van der Waals surface area (Å²) in [5.74, 6) is 5.24. The van der Waals surface area contributed by atoms with E-state index in [0.717, 1.165) is 10.7 Å². The molecule has 7 heteroatoms. The third-order valence-corrected chi connectivity index (χ3v) is 3.44. The van der Waals surface area contributed by atoms with Crippen molar-refractivity contribution in [1.82, 2.24) is 14.9 Å². The average Bonchev–Trinajstić information content (AvgIpc) is 2.83. The van der Waals surface area contributed by atoms with Crippen molar-refractivity contribution in [2.75, 3.05) is 12.5 Å². The van der Waals surface area contributed by atoms with E-state index in [1.54, 1.807) is 35.5 Å². The van der Waals surface area contributed by atoms with E-state index in [1.165, 1.54) is 6.20 Å². The first-order valence-corrected chi connectivity index (χ1v) is 6.57. The number of aromatic nitrogens is 2. The Kier molecular flexibility index (Phi) is 4.08. The highest BCUT2D eigenvalue weighted by molar-refractivity contribution is 7.09. The summed E-state index contributed by atoms with van der Waals surface area (Å²) in [6.45, 7) is 2.40. The van der Waals surface area contributed by atoms with Crippen molar-refractivity contribution < 1.29 is 4.79 Å². The summed E-state index contributed by atoms with van der Waals surface area (Å²) in [7, 11) is 1.73. The molecule has 2 rings (SSSR count). The summed E-state index contributed by atoms with van der Waals surface area (Å²) in [6.07, 6.45) is 3.08. The first kappa shape index (κ1) is 13.4. The van der Waals surface area contributed by atoms with Gasteiger partial charge in [-0.3, -0.25) is 15.6 Å². The van der Waals surface area contributed by atoms with Crippen molar-refractivity contribution in [3.05, 3.63) is 40.1 Å². The number of hydrazine groups is 1. The zero-order valence-electron chi connectivity index (χ0n) is 10.8. The van der Waals surface area contributed by atoms with Gasteiger partial charge in [0.05, 0.1) is 28.5 Å². The van der Waals surface area contributed by atoms with Crippen LogP contribution in [0.25, 0.3) is 0 Å². The van der Waals surface area contributed by atoms with Gasteiger partial charge in [-0.2, -0.15) is 0 Å². The summed E-state index contributed by atoms with van der Waals surface area (Å²) >= 11 is 1.57. The fraction of sp³-hybridized carbons (Fsp3) is 0.250. The predicted molar refractivity (Wildman–Crippen MR) is 74.7 cm³/mol. The van der Waals surface area contributed by atoms with Crippen LogP contribution >= 0.6 is 11.3 Å². The number of hydrogen-bond acceptors (Lipinski definition) is 6. The molecule has 0 spiro atoms. The molecule has 0 saturated heterocycles. The number of nitrogens with two attached hydrogens (primary N) is 1. The quantitative estimate of drug-likeness (QED) is 0.652. The normalized spacial score (nSPS) is 10.3. The number of nitrogens with zero attached hydrogens (tertiary/aromatic N) is 3. The molecule has 2 aromatic heterocycles. The van der Waals surface area contributed by atoms with E-state index in [2.05, 4.69) is 15.4 Å². The molecule has 2 heterocycles. The van der Waals surface area contributed by atoms with Crippen molar-refractivity contribution in [2.24, 2.45) is 5.84 Å². The SMILES string of the molecule is Cc1nc(CN(C)C(=O)c2cnccc2NN)cs1. The molecule has 0 bridgehead atoms. The largest absolute Gasteiger partial charge is 0.336 e. The van der Waals surface area contributed by atoms with Crippen LogP contribution in [0, 0.1) is 6.92 Å². The predicted octanol–water partition coefficient (Wildman–Crippen LogP) is 1.40. The highest BCUT2D eigenvalue weighted by Crippen LogP contribution is 2.16. The van der Waals surface area contributed by atoms with Gasteiger partial charge in [0, 0.05) is 24.8 Å². The molecule has 0 aliphatic rings. The third-order valence-electron chi connectivity index (χ3n) is 2.62. The molecule has 1 amide bonds. The first-order valence-electron chi connectivity index (χ1n) is 5.69. The maximum atomic E-state index is 12.3. The molecular weight excluding hydrogens is 262 g/mol. The minimum Gasteiger partial charge on any atom is -0.336 e. The molecule has 0 aliphatic heterocycles. The van der Waals surface area contributed by atoms with Crippen LogP contribution < -0.4 is 11.3 Å². The Hall–Kier alpha value is -1.99. The monoisotopic (exact) mass is 277 g/mol. The van der Waals surface area contributed by atoms with Gasteiger partial charge in [-0.25, -0.2) is 4.98 Å². The van der Waals surface area contributed by atoms with Crippen LogP contribution in [0.15, 0.2) is 23.8 Å². The molecular formula is C12H15N5OS. The summed E-state index contributed by atoms with van der Waals surface area (Å²) < 4.78 is 0. The van der Waals surface area contributed by atoms with Gasteiger partial charge in [-0.15, -0.1) is 11.3 Å². The summed E-state index contributed by atoms with van der Waals surface area (Å²) in [4.78, 5) is 22.2. The van der Waals surface area contributed by atoms with Crippen LogP contribution in [0.1, 0.15) is 21.1 Å². The molecule has 0 aliphatic carbocycles. The van der Waals surface area contributed by atoms with E-state index in [-0.39, 0.29) is 5.91 Å². The van der Waals surface area contributed by atoms with Gasteiger partial charge in [0.15, 0.2) is 0 Å². The minimum absolute atomic E-state index is 0.147. The number of carbonyl (C=O) groups is 1. The molecule has 0 unspecified atom stereocenters. The first-order chi connectivity index (χ1) is 9.11. The number of pyridine rings is 1. The lowest BCUT2D eigenvalue weighted by molar-refractivity contribution is 0.0784. The van der Waals surface area contributed by atoms with E-state index in [4.69, 9.17) is 5.84 Å². The van der Waals surface area contributed by atoms with E-state index < -0.39 is 0 Å². The second kappa shape index (κ2) is 5.77. The van der Waals surface area contributed by atoms with Crippen molar-refractivity contribution >= 4 is 22.9 Å². The summed E-state index contributed by atoms with van der Waals surface area (Å²) in [6, 6.07) is 1.66. The van der Waals surface area contributed by atoms with Crippen LogP contribution in [-0.4, -0.2) is 27.8 Å². The van der Waals surface area contributed by atoms with Gasteiger partial charge in [0.2, 0.25) is 0 Å². The van der Waals surface area contributed by atoms with Crippen molar-refractivity contribution in [3.8, 4) is 0 Å². The Morgan fingerprint density at radius 1 is 1.58 bits per heavy atom. The number of thiazole rings is 1. The fourth-order valence-corrected chi connectivity index (χ4v) is 2.30. The van der Waals surface area contributed by atoms with Gasteiger partial charge >= 0.3 is 0 Å². The van der Waals surface area contributed by atoms with Crippen molar-refractivity contribution in [1.29, 1.82) is 0 Å². The highest BCUT2D eigenvalue weighted by atomic mass is 32.1. The second-order valence-corrected chi connectivity index (χ2v) is 5.15. The molecule has 100 valence electrons. The van der Waals surface area contributed by atoms with Gasteiger partial charge in [0.1, 0.15) is 0 Å². The molecule has 0 fully saturated rings. The van der Waals surface area contributed by atoms with E-state index in [1.807, 2.05) is 12.3 Å². The number of carbonyl (C=O) groups excluding carboxylic acids is 1. The summed E-state index contributed by atoms with van der Waals surface area (Å²) in [5.41, 5.74) is 4.38. The third kappa shape index (κ3) is 3.07. The van der Waals surface area contributed by atoms with Gasteiger partial charge in [-0.05, 0) is 13.0 Å². The Balaban J connectivity index is 2.14. The lowest BCUT2D eigenvalue weighted by Crippen LogP contribution is -2.27. The molecule has 2 aromatic rings. The maximum Gasteiger partial charge on any atom is 0.257 e. The topological polar surface area (TPSA) is 84.1 Å². The number of hydrogen-bond donors (Lipinski definition) is 2. The van der Waals surface area contributed by atoms with Crippen molar-refractivity contribution in [3.63, 3.8) is 0 Å². The molecule has 0 aromatic carbocycles. The lowest BCUT2D eigenvalue weighted by Gasteiger charge is -2.17. The van der Waals surface area contributed by atoms with E-state index in [9.17, 15) is 4.79 Å². The zero-order chi connectivity index (χ0) is 13.8. The summed E-state index contributed by atoms with van der Waals surface area (Å²) in [5, 5.41) is 2.94. The molecule has 0 saturated carbocycles. The highest BCUT2D eigenvalue weighted by Gasteiger charge is 2.16. The number of amides is 1. The number of rotatable bonds is 4. The maximum absolute atomic E-state index is 12.3. The van der Waals surface area contributed by atoms with Crippen LogP contribution in [0.3, 0.4) is 0 Å². The number of anilines is 1. The standard InChI is InChI=1S/C12H15N5OS/c1-8-15-9(7-19-8)6-17(2)12(18)10-5-14-4-3-11(10)16-13/h3-5,7H,6,13H2,1-2H3,(H,14,16). The number of nitrogen functional groups attached to an aromatic ring is 1. The van der Waals surface area contributed by atoms with Crippen LogP contribution in [0.4, 0.5) is 5.69 Å². The lowest BCUT2D eigenvalue weighted by atomic mass is 10.2. The fourth-order valence-electron chi connectivity index (χ4n) is 1.69. The van der Waals surface area contributed by atoms with Crippen LogP contribution in [-0.2, 0) is 6.54 Å². The Morgan fingerprint density at radius 2 is 2.37 bits per heavy atom.